The fourth-order valence-electron chi connectivity index (χ4n) is 4.74. The number of ketones is 4. The first-order valence-electron chi connectivity index (χ1n) is 11.0. The van der Waals surface area contributed by atoms with E-state index < -0.39 is 7.82 Å². The Morgan fingerprint density at radius 2 is 0.622 bits per heavy atom. The minimum absolute atomic E-state index is 0.227. The Hall–Kier alpha value is -4.33. The van der Waals surface area contributed by atoms with Crippen LogP contribution in [-0.4, -0.2) is 37.8 Å². The third-order valence-electron chi connectivity index (χ3n) is 6.20. The van der Waals surface area contributed by atoms with Crippen LogP contribution in [0.15, 0.2) is 84.9 Å². The van der Waals surface area contributed by atoms with E-state index in [0.717, 1.165) is 0 Å². The molecule has 0 saturated carbocycles. The second-order valence-electron chi connectivity index (χ2n) is 8.38. The van der Waals surface area contributed by atoms with E-state index in [2.05, 4.69) is 0 Å². The van der Waals surface area contributed by atoms with Gasteiger partial charge in [0.1, 0.15) is 0 Å². The van der Waals surface area contributed by atoms with Gasteiger partial charge in [-0.25, -0.2) is 4.57 Å². The summed E-state index contributed by atoms with van der Waals surface area (Å²) in [6.07, 6.45) is 0. The van der Waals surface area contributed by atoms with Crippen LogP contribution in [0.25, 0.3) is 11.1 Å². The van der Waals surface area contributed by atoms with E-state index in [0.29, 0.717) is 44.5 Å². The lowest BCUT2D eigenvalue weighted by atomic mass is 9.76. The van der Waals surface area contributed by atoms with Gasteiger partial charge in [0, 0.05) is 44.5 Å². The molecular weight excluding hydrogens is 495 g/mol. The van der Waals surface area contributed by atoms with Crippen LogP contribution in [0.3, 0.4) is 0 Å². The predicted octanol–water partition coefficient (Wildman–Crippen LogP) is 3.98. The second-order valence-corrected chi connectivity index (χ2v) is 9.40. The summed E-state index contributed by atoms with van der Waals surface area (Å²) in [6, 6.07) is 23.6. The minimum atomic E-state index is -4.64. The standard InChI is InChI=1S/C28H14O4.H3O4P/c29-25-17-7-1-3-9-19(17)27(31)23-15(11-5-13-21(23)25)16-12-6-14-22-24(16)28(32)20-10-4-2-8-18(20)26(22)30;1-5(2,3)4/h1-14H;(H3,1,2,3,4). The van der Waals surface area contributed by atoms with Gasteiger partial charge in [-0.2, -0.15) is 0 Å². The molecule has 2 aliphatic rings. The zero-order valence-electron chi connectivity index (χ0n) is 18.9. The number of carbonyl (C=O) groups is 4. The average Bonchev–Trinajstić information content (AvgIpc) is 2.88. The average molecular weight is 512 g/mol. The van der Waals surface area contributed by atoms with Crippen LogP contribution < -0.4 is 0 Å². The van der Waals surface area contributed by atoms with Crippen molar-refractivity contribution in [3.8, 4) is 11.1 Å². The van der Waals surface area contributed by atoms with Crippen LogP contribution in [-0.2, 0) is 4.57 Å². The van der Waals surface area contributed by atoms with Gasteiger partial charge >= 0.3 is 7.82 Å². The molecule has 182 valence electrons. The van der Waals surface area contributed by atoms with Gasteiger partial charge in [-0.15, -0.1) is 0 Å². The van der Waals surface area contributed by atoms with Gasteiger partial charge in [0.05, 0.1) is 0 Å². The molecule has 4 aromatic rings. The normalized spacial score (nSPS) is 13.6. The Morgan fingerprint density at radius 1 is 0.378 bits per heavy atom. The van der Waals surface area contributed by atoms with Crippen LogP contribution in [0.5, 0.6) is 0 Å². The Balaban J connectivity index is 0.000000514. The van der Waals surface area contributed by atoms with Crippen LogP contribution in [0.4, 0.5) is 0 Å². The molecule has 0 fully saturated rings. The first-order valence-corrected chi connectivity index (χ1v) is 12.6. The van der Waals surface area contributed by atoms with Crippen molar-refractivity contribution < 1.29 is 38.4 Å². The van der Waals surface area contributed by atoms with E-state index >= 15 is 0 Å². The van der Waals surface area contributed by atoms with E-state index in [-0.39, 0.29) is 34.3 Å². The molecule has 0 bridgehead atoms. The van der Waals surface area contributed by atoms with Crippen LogP contribution in [0.1, 0.15) is 63.7 Å². The molecule has 0 aliphatic heterocycles. The summed E-state index contributed by atoms with van der Waals surface area (Å²) in [5, 5.41) is 0. The summed E-state index contributed by atoms with van der Waals surface area (Å²) in [7, 11) is -4.64. The van der Waals surface area contributed by atoms with E-state index in [1.807, 2.05) is 0 Å². The van der Waals surface area contributed by atoms with Crippen LogP contribution in [0.2, 0.25) is 0 Å². The summed E-state index contributed by atoms with van der Waals surface area (Å²) in [5.74, 6) is -0.985. The molecule has 0 aromatic heterocycles. The number of carbonyl (C=O) groups excluding carboxylic acids is 4. The molecule has 6 rings (SSSR count). The molecule has 2 aliphatic carbocycles. The van der Waals surface area contributed by atoms with Crippen molar-refractivity contribution in [1.82, 2.24) is 0 Å². The predicted molar refractivity (Wildman–Crippen MR) is 133 cm³/mol. The highest BCUT2D eigenvalue weighted by Crippen LogP contribution is 2.39. The smallest absolute Gasteiger partial charge is 0.303 e. The van der Waals surface area contributed by atoms with Gasteiger partial charge in [0.25, 0.3) is 0 Å². The third-order valence-corrected chi connectivity index (χ3v) is 6.20. The number of hydrogen-bond donors (Lipinski definition) is 3. The first kappa shape index (κ1) is 24.4. The maximum Gasteiger partial charge on any atom is 0.466 e. The SMILES string of the molecule is O=C1c2ccccc2C(=O)c2c1cccc2-c1cccc2c1C(=O)c1ccccc1C2=O.O=P(O)(O)O. The number of rotatable bonds is 1. The van der Waals surface area contributed by atoms with Crippen molar-refractivity contribution in [2.24, 2.45) is 0 Å². The largest absolute Gasteiger partial charge is 0.466 e. The van der Waals surface area contributed by atoms with Crippen molar-refractivity contribution in [3.63, 3.8) is 0 Å². The lowest BCUT2D eigenvalue weighted by Gasteiger charge is -2.23. The van der Waals surface area contributed by atoms with E-state index in [4.69, 9.17) is 19.2 Å². The fraction of sp³-hybridized carbons (Fsp3) is 0. The molecule has 8 nitrogen and oxygen atoms in total. The second kappa shape index (κ2) is 8.96. The van der Waals surface area contributed by atoms with Crippen LogP contribution >= 0.6 is 7.82 Å². The van der Waals surface area contributed by atoms with Gasteiger partial charge in [0.15, 0.2) is 23.1 Å². The Bertz CT molecular complexity index is 1590. The van der Waals surface area contributed by atoms with Gasteiger partial charge in [-0.05, 0) is 11.1 Å². The number of hydrogen-bond acceptors (Lipinski definition) is 5. The van der Waals surface area contributed by atoms with E-state index in [1.54, 1.807) is 84.9 Å². The van der Waals surface area contributed by atoms with Crippen molar-refractivity contribution in [2.75, 3.05) is 0 Å². The molecule has 0 amide bonds. The maximum atomic E-state index is 13.5. The van der Waals surface area contributed by atoms with Crippen molar-refractivity contribution >= 4 is 31.0 Å². The molecule has 0 atom stereocenters. The molecule has 0 unspecified atom stereocenters. The molecule has 3 N–H and O–H groups in total. The molecule has 0 heterocycles. The third kappa shape index (κ3) is 4.18. The zero-order valence-corrected chi connectivity index (χ0v) is 19.8. The van der Waals surface area contributed by atoms with E-state index in [9.17, 15) is 19.2 Å². The number of phosphoric acid groups is 1. The summed E-state index contributed by atoms with van der Waals surface area (Å²) >= 11 is 0. The fourth-order valence-corrected chi connectivity index (χ4v) is 4.74. The maximum absolute atomic E-state index is 13.5. The van der Waals surface area contributed by atoms with Gasteiger partial charge < -0.3 is 14.7 Å². The lowest BCUT2D eigenvalue weighted by Crippen LogP contribution is -2.24. The Kier molecular flexibility index (Phi) is 5.90. The summed E-state index contributed by atoms with van der Waals surface area (Å²) in [4.78, 5) is 74.7. The molecule has 4 aromatic carbocycles. The van der Waals surface area contributed by atoms with Crippen molar-refractivity contribution in [1.29, 1.82) is 0 Å². The minimum Gasteiger partial charge on any atom is -0.303 e. The first-order chi connectivity index (χ1) is 17.6. The zero-order chi connectivity index (χ0) is 26.5. The Labute approximate surface area is 210 Å². The van der Waals surface area contributed by atoms with Gasteiger partial charge in [-0.3, -0.25) is 19.2 Å². The topological polar surface area (TPSA) is 146 Å². The highest BCUT2D eigenvalue weighted by atomic mass is 31.2. The molecular formula is C28H17O8P. The molecule has 0 spiro atoms. The molecule has 9 heteroatoms. The van der Waals surface area contributed by atoms with E-state index in [1.165, 1.54) is 0 Å². The quantitative estimate of drug-likeness (QED) is 0.281. The highest BCUT2D eigenvalue weighted by Gasteiger charge is 2.35. The monoisotopic (exact) mass is 512 g/mol. The highest BCUT2D eigenvalue weighted by molar-refractivity contribution is 7.45. The lowest BCUT2D eigenvalue weighted by molar-refractivity contribution is 0.0978. The number of fused-ring (bicyclic) bond motifs is 4. The number of benzene rings is 4. The van der Waals surface area contributed by atoms with Crippen molar-refractivity contribution in [2.45, 2.75) is 0 Å². The molecule has 0 saturated heterocycles. The van der Waals surface area contributed by atoms with Gasteiger partial charge in [-0.1, -0.05) is 84.9 Å². The summed E-state index contributed by atoms with van der Waals surface area (Å²) in [6.45, 7) is 0. The Morgan fingerprint density at radius 3 is 0.946 bits per heavy atom. The van der Waals surface area contributed by atoms with Crippen molar-refractivity contribution in [3.05, 3.63) is 129 Å². The van der Waals surface area contributed by atoms with Gasteiger partial charge in [0.2, 0.25) is 0 Å². The summed E-state index contributed by atoms with van der Waals surface area (Å²) in [5.41, 5.74) is 3.53. The van der Waals surface area contributed by atoms with Crippen LogP contribution in [0, 0.1) is 0 Å². The molecule has 0 radical (unpaired) electrons. The molecule has 37 heavy (non-hydrogen) atoms. The summed E-state index contributed by atoms with van der Waals surface area (Å²) < 4.78 is 8.88.